The van der Waals surface area contributed by atoms with Crippen LogP contribution in [0.3, 0.4) is 0 Å². The molecule has 0 radical (unpaired) electrons. The summed E-state index contributed by atoms with van der Waals surface area (Å²) in [7, 11) is 0. The zero-order valence-electron chi connectivity index (χ0n) is 20.1. The van der Waals surface area contributed by atoms with Gasteiger partial charge in [0.15, 0.2) is 6.29 Å². The molecule has 10 heteroatoms. The first-order chi connectivity index (χ1) is 17.8. The number of nitrogens with one attached hydrogen (secondary N) is 1. The molecule has 0 spiro atoms. The molecule has 1 aromatic heterocycles. The lowest BCUT2D eigenvalue weighted by molar-refractivity contribution is -0.252. The van der Waals surface area contributed by atoms with Gasteiger partial charge in [-0.2, -0.15) is 0 Å². The monoisotopic (exact) mass is 548 g/mol. The second-order valence-corrected chi connectivity index (χ2v) is 10.7. The van der Waals surface area contributed by atoms with E-state index in [1.807, 2.05) is 16.7 Å². The standard InChI is InChI=1S/C27H30Cl2N2O6/c28-19-8-5-14(9-20(19)29)11-31-12-18(17-7-6-16(10-21(17)31)15-3-1-2-4-15)26(35)30-23-25(34)24(33)22(13-32)37-27(23)36/h5-10,12,15,22-25,27,32-34,36H,1-4,11,13H2,(H,30,35)/t22-,23-,24-,25-,27?/m1/s1. The Labute approximate surface area is 224 Å². The third kappa shape index (κ3) is 5.25. The molecule has 198 valence electrons. The SMILES string of the molecule is O=C(N[C@H]1C(O)O[C@H](CO)[C@@H](O)[C@@H]1O)c1cn(Cc2ccc(Cl)c(Cl)c2)c2cc(C3CCCC3)ccc12. The van der Waals surface area contributed by atoms with Crippen LogP contribution in [0.5, 0.6) is 0 Å². The Hall–Kier alpha value is -2.17. The highest BCUT2D eigenvalue weighted by molar-refractivity contribution is 6.42. The molecular formula is C27H30Cl2N2O6. The Morgan fingerprint density at radius 1 is 1.03 bits per heavy atom. The summed E-state index contributed by atoms with van der Waals surface area (Å²) in [5, 5.41) is 44.5. The number of carbonyl (C=O) groups is 1. The van der Waals surface area contributed by atoms with Gasteiger partial charge < -0.3 is 35.0 Å². The van der Waals surface area contributed by atoms with Crippen molar-refractivity contribution in [1.82, 2.24) is 9.88 Å². The average Bonchev–Trinajstić information content (AvgIpc) is 3.55. The van der Waals surface area contributed by atoms with Crippen LogP contribution < -0.4 is 5.32 Å². The van der Waals surface area contributed by atoms with Crippen LogP contribution in [0.25, 0.3) is 10.9 Å². The number of ether oxygens (including phenoxy) is 1. The van der Waals surface area contributed by atoms with E-state index < -0.39 is 43.2 Å². The van der Waals surface area contributed by atoms with Gasteiger partial charge >= 0.3 is 0 Å². The predicted molar refractivity (Wildman–Crippen MR) is 140 cm³/mol. The zero-order chi connectivity index (χ0) is 26.3. The summed E-state index contributed by atoms with van der Waals surface area (Å²) < 4.78 is 7.16. The number of halogens is 2. The smallest absolute Gasteiger partial charge is 0.253 e. The summed E-state index contributed by atoms with van der Waals surface area (Å²) in [6.07, 6.45) is 0.679. The second kappa shape index (κ2) is 10.9. The number of benzene rings is 2. The number of nitrogens with zero attached hydrogens (tertiary/aromatic N) is 1. The minimum atomic E-state index is -1.60. The first-order valence-electron chi connectivity index (χ1n) is 12.4. The Kier molecular flexibility index (Phi) is 7.79. The van der Waals surface area contributed by atoms with Crippen molar-refractivity contribution in [3.05, 3.63) is 69.3 Å². The normalized spacial score (nSPS) is 26.6. The quantitative estimate of drug-likeness (QED) is 0.322. The van der Waals surface area contributed by atoms with Crippen molar-refractivity contribution in [2.45, 2.75) is 68.8 Å². The van der Waals surface area contributed by atoms with Gasteiger partial charge in [-0.15, -0.1) is 0 Å². The van der Waals surface area contributed by atoms with E-state index in [0.29, 0.717) is 33.5 Å². The van der Waals surface area contributed by atoms with Crippen molar-refractivity contribution in [1.29, 1.82) is 0 Å². The Morgan fingerprint density at radius 2 is 1.78 bits per heavy atom. The molecule has 1 aliphatic carbocycles. The first-order valence-corrected chi connectivity index (χ1v) is 13.2. The molecule has 1 saturated heterocycles. The van der Waals surface area contributed by atoms with Crippen LogP contribution >= 0.6 is 23.2 Å². The van der Waals surface area contributed by atoms with Crippen molar-refractivity contribution in [3.8, 4) is 0 Å². The van der Waals surface area contributed by atoms with E-state index in [0.717, 1.165) is 23.9 Å². The number of rotatable bonds is 6. The number of aliphatic hydroxyl groups is 4. The van der Waals surface area contributed by atoms with E-state index in [9.17, 15) is 25.2 Å². The maximum Gasteiger partial charge on any atom is 0.253 e. The molecule has 3 aromatic rings. The lowest BCUT2D eigenvalue weighted by atomic mass is 9.95. The van der Waals surface area contributed by atoms with Crippen LogP contribution in [-0.2, 0) is 11.3 Å². The fourth-order valence-corrected chi connectivity index (χ4v) is 5.77. The second-order valence-electron chi connectivity index (χ2n) is 9.91. The molecular weight excluding hydrogens is 519 g/mol. The van der Waals surface area contributed by atoms with Crippen molar-refractivity contribution in [2.24, 2.45) is 0 Å². The van der Waals surface area contributed by atoms with E-state index in [-0.39, 0.29) is 0 Å². The number of hydrogen-bond donors (Lipinski definition) is 5. The van der Waals surface area contributed by atoms with Gasteiger partial charge in [-0.25, -0.2) is 0 Å². The topological polar surface area (TPSA) is 124 Å². The number of aliphatic hydroxyl groups excluding tert-OH is 4. The molecule has 1 unspecified atom stereocenters. The molecule has 2 aliphatic rings. The minimum absolute atomic E-state index is 0.353. The molecule has 5 rings (SSSR count). The van der Waals surface area contributed by atoms with Gasteiger partial charge in [0.1, 0.15) is 24.4 Å². The van der Waals surface area contributed by atoms with Crippen molar-refractivity contribution >= 4 is 40.0 Å². The maximum atomic E-state index is 13.4. The fraction of sp³-hybridized carbons (Fsp3) is 0.444. The van der Waals surface area contributed by atoms with Crippen molar-refractivity contribution in [3.63, 3.8) is 0 Å². The highest BCUT2D eigenvalue weighted by Crippen LogP contribution is 2.36. The number of aromatic nitrogens is 1. The zero-order valence-corrected chi connectivity index (χ0v) is 21.6. The van der Waals surface area contributed by atoms with Gasteiger partial charge in [-0.05, 0) is 48.1 Å². The van der Waals surface area contributed by atoms with Gasteiger partial charge in [0.2, 0.25) is 0 Å². The molecule has 2 heterocycles. The summed E-state index contributed by atoms with van der Waals surface area (Å²) in [5.74, 6) is -0.0477. The van der Waals surface area contributed by atoms with Gasteiger partial charge in [0.25, 0.3) is 5.91 Å². The van der Waals surface area contributed by atoms with Crippen LogP contribution in [0.4, 0.5) is 0 Å². The summed E-state index contributed by atoms with van der Waals surface area (Å²) in [5.41, 5.74) is 3.37. The van der Waals surface area contributed by atoms with Gasteiger partial charge in [0.05, 0.1) is 22.2 Å². The molecule has 1 amide bonds. The molecule has 2 aromatic carbocycles. The van der Waals surface area contributed by atoms with Gasteiger partial charge in [-0.3, -0.25) is 4.79 Å². The minimum Gasteiger partial charge on any atom is -0.394 e. The summed E-state index contributed by atoms with van der Waals surface area (Å²) in [4.78, 5) is 13.4. The van der Waals surface area contributed by atoms with Crippen LogP contribution in [0.15, 0.2) is 42.6 Å². The molecule has 1 aliphatic heterocycles. The third-order valence-electron chi connectivity index (χ3n) is 7.51. The highest BCUT2D eigenvalue weighted by Gasteiger charge is 2.44. The van der Waals surface area contributed by atoms with Crippen LogP contribution in [-0.4, -0.2) is 68.2 Å². The molecule has 5 atom stereocenters. The number of carbonyl (C=O) groups excluding carboxylic acids is 1. The van der Waals surface area contributed by atoms with Crippen molar-refractivity contribution in [2.75, 3.05) is 6.61 Å². The van der Waals surface area contributed by atoms with Gasteiger partial charge in [0, 0.05) is 23.6 Å². The predicted octanol–water partition coefficient (Wildman–Crippen LogP) is 3.18. The van der Waals surface area contributed by atoms with Crippen LogP contribution in [0.2, 0.25) is 10.0 Å². The Balaban J connectivity index is 1.49. The van der Waals surface area contributed by atoms with Gasteiger partial charge in [-0.1, -0.05) is 54.2 Å². The average molecular weight is 549 g/mol. The van der Waals surface area contributed by atoms with E-state index in [1.54, 1.807) is 18.3 Å². The number of hydrogen-bond acceptors (Lipinski definition) is 6. The van der Waals surface area contributed by atoms with Crippen LogP contribution in [0.1, 0.15) is 53.1 Å². The Bertz CT molecular complexity index is 1290. The molecule has 0 bridgehead atoms. The van der Waals surface area contributed by atoms with E-state index >= 15 is 0 Å². The lowest BCUT2D eigenvalue weighted by Gasteiger charge is -2.40. The molecule has 5 N–H and O–H groups in total. The summed E-state index contributed by atoms with van der Waals surface area (Å²) >= 11 is 12.3. The van der Waals surface area contributed by atoms with E-state index in [4.69, 9.17) is 27.9 Å². The lowest BCUT2D eigenvalue weighted by Crippen LogP contribution is -2.64. The maximum absolute atomic E-state index is 13.4. The molecule has 2 fully saturated rings. The molecule has 1 saturated carbocycles. The number of fused-ring (bicyclic) bond motifs is 1. The summed E-state index contributed by atoms with van der Waals surface area (Å²) in [6, 6.07) is 10.2. The molecule has 8 nitrogen and oxygen atoms in total. The summed E-state index contributed by atoms with van der Waals surface area (Å²) in [6.45, 7) is -0.134. The Morgan fingerprint density at radius 3 is 2.49 bits per heavy atom. The third-order valence-corrected chi connectivity index (χ3v) is 8.25. The van der Waals surface area contributed by atoms with Crippen LogP contribution in [0, 0.1) is 0 Å². The molecule has 37 heavy (non-hydrogen) atoms. The highest BCUT2D eigenvalue weighted by atomic mass is 35.5. The largest absolute Gasteiger partial charge is 0.394 e. The van der Waals surface area contributed by atoms with E-state index in [1.165, 1.54) is 18.4 Å². The fourth-order valence-electron chi connectivity index (χ4n) is 5.45. The van der Waals surface area contributed by atoms with E-state index in [2.05, 4.69) is 17.4 Å². The first kappa shape index (κ1) is 26.4. The number of amides is 1. The van der Waals surface area contributed by atoms with Crippen molar-refractivity contribution < 1.29 is 30.0 Å².